The van der Waals surface area contributed by atoms with Crippen LogP contribution in [0.3, 0.4) is 0 Å². The van der Waals surface area contributed by atoms with Gasteiger partial charge in [0.25, 0.3) is 0 Å². The maximum Gasteiger partial charge on any atom is -0.0414 e. The molecule has 0 aromatic carbocycles. The molecule has 0 heterocycles. The van der Waals surface area contributed by atoms with Gasteiger partial charge in [-0.3, -0.25) is 0 Å². The number of hydrogen-bond acceptors (Lipinski definition) is 0. The molecule has 1 saturated carbocycles. The van der Waals surface area contributed by atoms with Crippen molar-refractivity contribution in [2.75, 3.05) is 0 Å². The Labute approximate surface area is 141 Å². The van der Waals surface area contributed by atoms with Crippen molar-refractivity contribution in [3.05, 3.63) is 0 Å². The van der Waals surface area contributed by atoms with Crippen molar-refractivity contribution in [3.8, 4) is 0 Å². The maximum atomic E-state index is 2.30. The van der Waals surface area contributed by atoms with E-state index >= 15 is 0 Å². The molecule has 0 radical (unpaired) electrons. The summed E-state index contributed by atoms with van der Waals surface area (Å²) in [5.74, 6) is 1.11. The van der Waals surface area contributed by atoms with Gasteiger partial charge in [-0.25, -0.2) is 0 Å². The lowest BCUT2D eigenvalue weighted by Crippen LogP contribution is -1.92. The second kappa shape index (κ2) is 15.9. The highest BCUT2D eigenvalue weighted by Gasteiger charge is 2.13. The van der Waals surface area contributed by atoms with Crippen molar-refractivity contribution in [2.45, 2.75) is 135 Å². The van der Waals surface area contributed by atoms with Crippen LogP contribution in [-0.2, 0) is 0 Å². The Morgan fingerprint density at radius 1 is 0.500 bits per heavy atom. The van der Waals surface area contributed by atoms with Crippen molar-refractivity contribution in [1.29, 1.82) is 0 Å². The maximum absolute atomic E-state index is 2.30. The van der Waals surface area contributed by atoms with Crippen LogP contribution >= 0.6 is 0 Å². The number of hydrogen-bond donors (Lipinski definition) is 0. The molecule has 0 spiro atoms. The van der Waals surface area contributed by atoms with Crippen LogP contribution in [0.25, 0.3) is 0 Å². The molecule has 1 aliphatic rings. The van der Waals surface area contributed by atoms with E-state index in [1.165, 1.54) is 116 Å². The third-order valence-corrected chi connectivity index (χ3v) is 5.69. The third kappa shape index (κ3) is 12.5. The second-order valence-corrected chi connectivity index (χ2v) is 7.89. The van der Waals surface area contributed by atoms with Crippen LogP contribution < -0.4 is 0 Å². The highest BCUT2D eigenvalue weighted by Crippen LogP contribution is 2.29. The van der Waals surface area contributed by atoms with Gasteiger partial charge in [0, 0.05) is 0 Å². The number of rotatable bonds is 16. The summed E-state index contributed by atoms with van der Waals surface area (Å²) in [6, 6.07) is 0. The lowest BCUT2D eigenvalue weighted by Gasteiger charge is -2.08. The molecule has 22 heavy (non-hydrogen) atoms. The molecule has 0 aromatic heterocycles. The fraction of sp³-hybridized carbons (Fsp3) is 1.00. The van der Waals surface area contributed by atoms with Crippen LogP contribution in [0, 0.1) is 5.92 Å². The van der Waals surface area contributed by atoms with Crippen LogP contribution in [0.2, 0.25) is 0 Å². The zero-order valence-electron chi connectivity index (χ0n) is 15.7. The first-order valence-electron chi connectivity index (χ1n) is 10.9. The van der Waals surface area contributed by atoms with Gasteiger partial charge in [-0.05, 0) is 5.92 Å². The Morgan fingerprint density at radius 3 is 1.27 bits per heavy atom. The molecule has 0 amide bonds. The summed E-state index contributed by atoms with van der Waals surface area (Å²) in [5.41, 5.74) is 0. The lowest BCUT2D eigenvalue weighted by atomic mass is 9.99. The molecule has 0 aromatic rings. The molecule has 0 atom stereocenters. The van der Waals surface area contributed by atoms with Crippen molar-refractivity contribution >= 4 is 0 Å². The van der Waals surface area contributed by atoms with E-state index in [1.54, 1.807) is 12.8 Å². The SMILES string of the molecule is CCCCCCCCCCCCCCCCCC1CCCC1. The van der Waals surface area contributed by atoms with Crippen LogP contribution in [-0.4, -0.2) is 0 Å². The van der Waals surface area contributed by atoms with Crippen LogP contribution in [0.1, 0.15) is 135 Å². The van der Waals surface area contributed by atoms with Gasteiger partial charge >= 0.3 is 0 Å². The molecule has 0 heteroatoms. The lowest BCUT2D eigenvalue weighted by molar-refractivity contribution is 0.459. The van der Waals surface area contributed by atoms with Gasteiger partial charge in [0.05, 0.1) is 0 Å². The van der Waals surface area contributed by atoms with Gasteiger partial charge in [0.15, 0.2) is 0 Å². The monoisotopic (exact) mass is 308 g/mol. The number of unbranched alkanes of at least 4 members (excludes halogenated alkanes) is 14. The van der Waals surface area contributed by atoms with E-state index in [0.717, 1.165) is 5.92 Å². The fourth-order valence-corrected chi connectivity index (χ4v) is 4.10. The molecule has 0 aliphatic heterocycles. The zero-order valence-corrected chi connectivity index (χ0v) is 15.7. The molecule has 0 bridgehead atoms. The van der Waals surface area contributed by atoms with E-state index in [9.17, 15) is 0 Å². The highest BCUT2D eigenvalue weighted by atomic mass is 14.2. The predicted molar refractivity (Wildman–Crippen MR) is 102 cm³/mol. The second-order valence-electron chi connectivity index (χ2n) is 7.89. The fourth-order valence-electron chi connectivity index (χ4n) is 4.10. The minimum absolute atomic E-state index is 1.11. The molecule has 1 rings (SSSR count). The van der Waals surface area contributed by atoms with E-state index in [4.69, 9.17) is 0 Å². The molecule has 1 aliphatic carbocycles. The minimum atomic E-state index is 1.11. The smallest absolute Gasteiger partial charge is 0.0414 e. The minimum Gasteiger partial charge on any atom is -0.0654 e. The first-order valence-corrected chi connectivity index (χ1v) is 10.9. The third-order valence-electron chi connectivity index (χ3n) is 5.69. The van der Waals surface area contributed by atoms with Crippen molar-refractivity contribution in [3.63, 3.8) is 0 Å². The Balaban J connectivity index is 1.64. The molecule has 132 valence electrons. The first kappa shape index (κ1) is 20.0. The average Bonchev–Trinajstić information content (AvgIpc) is 3.04. The molecule has 0 saturated heterocycles. The van der Waals surface area contributed by atoms with E-state index in [1.807, 2.05) is 0 Å². The van der Waals surface area contributed by atoms with E-state index in [-0.39, 0.29) is 0 Å². The van der Waals surface area contributed by atoms with Crippen LogP contribution in [0.5, 0.6) is 0 Å². The Kier molecular flexibility index (Phi) is 14.5. The van der Waals surface area contributed by atoms with Crippen LogP contribution in [0.4, 0.5) is 0 Å². The topological polar surface area (TPSA) is 0 Å². The zero-order chi connectivity index (χ0) is 15.7. The summed E-state index contributed by atoms with van der Waals surface area (Å²) in [5, 5.41) is 0. The van der Waals surface area contributed by atoms with E-state index < -0.39 is 0 Å². The van der Waals surface area contributed by atoms with Crippen molar-refractivity contribution in [1.82, 2.24) is 0 Å². The van der Waals surface area contributed by atoms with E-state index in [2.05, 4.69) is 6.92 Å². The Bertz CT molecular complexity index is 202. The quantitative estimate of drug-likeness (QED) is 0.251. The van der Waals surface area contributed by atoms with Crippen molar-refractivity contribution in [2.24, 2.45) is 5.92 Å². The highest BCUT2D eigenvalue weighted by molar-refractivity contribution is 4.67. The molecular weight excluding hydrogens is 264 g/mol. The summed E-state index contributed by atoms with van der Waals surface area (Å²) >= 11 is 0. The first-order chi connectivity index (χ1) is 10.9. The molecule has 0 N–H and O–H groups in total. The van der Waals surface area contributed by atoms with Gasteiger partial charge in [-0.2, -0.15) is 0 Å². The van der Waals surface area contributed by atoms with Crippen molar-refractivity contribution < 1.29 is 0 Å². The summed E-state index contributed by atoms with van der Waals surface area (Å²) in [6.45, 7) is 2.30. The molecule has 0 nitrogen and oxygen atoms in total. The van der Waals surface area contributed by atoms with Gasteiger partial charge in [-0.1, -0.05) is 135 Å². The summed E-state index contributed by atoms with van der Waals surface area (Å²) in [6.07, 6.45) is 29.9. The standard InChI is InChI=1S/C22H44/c1-2-3-4-5-6-7-8-9-10-11-12-13-14-15-16-19-22-20-17-18-21-22/h22H,2-21H2,1H3. The molecular formula is C22H44. The summed E-state index contributed by atoms with van der Waals surface area (Å²) in [4.78, 5) is 0. The molecule has 1 fully saturated rings. The van der Waals surface area contributed by atoms with E-state index in [0.29, 0.717) is 0 Å². The van der Waals surface area contributed by atoms with Gasteiger partial charge < -0.3 is 0 Å². The summed E-state index contributed by atoms with van der Waals surface area (Å²) < 4.78 is 0. The van der Waals surface area contributed by atoms with Gasteiger partial charge in [0.1, 0.15) is 0 Å². The largest absolute Gasteiger partial charge is 0.0654 e. The Hall–Kier alpha value is 0. The van der Waals surface area contributed by atoms with Crippen LogP contribution in [0.15, 0.2) is 0 Å². The normalized spacial score (nSPS) is 15.7. The summed E-state index contributed by atoms with van der Waals surface area (Å²) in [7, 11) is 0. The Morgan fingerprint density at radius 2 is 0.864 bits per heavy atom. The molecule has 0 unspecified atom stereocenters. The van der Waals surface area contributed by atoms with Gasteiger partial charge in [-0.15, -0.1) is 0 Å². The predicted octanol–water partition coefficient (Wildman–Crippen LogP) is 8.44. The van der Waals surface area contributed by atoms with Gasteiger partial charge in [0.2, 0.25) is 0 Å². The average molecular weight is 309 g/mol.